The number of aromatic amines is 1. The van der Waals surface area contributed by atoms with Crippen molar-refractivity contribution in [1.82, 2.24) is 14.6 Å². The molecule has 2 aromatic heterocycles. The normalized spacial score (nSPS) is 12.1. The van der Waals surface area contributed by atoms with Crippen LogP contribution in [-0.4, -0.2) is 14.6 Å². The topological polar surface area (TPSA) is 100.0 Å². The van der Waals surface area contributed by atoms with Crippen LogP contribution in [0.3, 0.4) is 0 Å². The first-order valence-corrected chi connectivity index (χ1v) is 9.15. The number of benzene rings is 2. The number of nitrogens with zero attached hydrogens (tertiary/aromatic N) is 3. The zero-order valence-electron chi connectivity index (χ0n) is 16.2. The molecule has 0 fully saturated rings. The van der Waals surface area contributed by atoms with Crippen molar-refractivity contribution in [2.24, 2.45) is 5.73 Å². The number of nitriles is 1. The van der Waals surface area contributed by atoms with Gasteiger partial charge in [0.15, 0.2) is 0 Å². The van der Waals surface area contributed by atoms with Crippen molar-refractivity contribution in [3.8, 4) is 17.2 Å². The van der Waals surface area contributed by atoms with Gasteiger partial charge in [0, 0.05) is 22.9 Å². The molecule has 8 heteroatoms. The monoisotopic (exact) mass is 405 g/mol. The molecule has 0 aliphatic carbocycles. The molecular formula is C22H17F2N5O. The summed E-state index contributed by atoms with van der Waals surface area (Å²) in [5, 5.41) is 13.2. The highest BCUT2D eigenvalue weighted by molar-refractivity contribution is 5.80. The van der Waals surface area contributed by atoms with Crippen LogP contribution in [0.15, 0.2) is 47.3 Å². The third kappa shape index (κ3) is 3.06. The third-order valence-electron chi connectivity index (χ3n) is 5.14. The van der Waals surface area contributed by atoms with Gasteiger partial charge in [-0.15, -0.1) is 0 Å². The summed E-state index contributed by atoms with van der Waals surface area (Å²) in [7, 11) is 0. The van der Waals surface area contributed by atoms with Gasteiger partial charge in [0.05, 0.1) is 28.9 Å². The van der Waals surface area contributed by atoms with Gasteiger partial charge < -0.3 is 10.7 Å². The zero-order valence-corrected chi connectivity index (χ0v) is 16.2. The number of hydrogen-bond donors (Lipinski definition) is 2. The summed E-state index contributed by atoms with van der Waals surface area (Å²) in [6.45, 7) is 3.28. The van der Waals surface area contributed by atoms with E-state index in [9.17, 15) is 13.6 Å². The van der Waals surface area contributed by atoms with Crippen LogP contribution in [0.25, 0.3) is 16.8 Å². The van der Waals surface area contributed by atoms with Crippen molar-refractivity contribution >= 4 is 5.65 Å². The van der Waals surface area contributed by atoms with E-state index in [2.05, 4.69) is 10.1 Å². The Bertz CT molecular complexity index is 1380. The summed E-state index contributed by atoms with van der Waals surface area (Å²) in [6.07, 6.45) is 0. The summed E-state index contributed by atoms with van der Waals surface area (Å²) in [6, 6.07) is 11.3. The van der Waals surface area contributed by atoms with Gasteiger partial charge in [0.1, 0.15) is 17.3 Å². The Labute approximate surface area is 170 Å². The molecule has 30 heavy (non-hydrogen) atoms. The number of fused-ring (bicyclic) bond motifs is 1. The van der Waals surface area contributed by atoms with Gasteiger partial charge in [-0.2, -0.15) is 14.9 Å². The maximum absolute atomic E-state index is 14.5. The minimum Gasteiger partial charge on any atom is -0.341 e. The van der Waals surface area contributed by atoms with Crippen molar-refractivity contribution in [1.29, 1.82) is 5.26 Å². The molecule has 0 radical (unpaired) electrons. The van der Waals surface area contributed by atoms with E-state index in [-0.39, 0.29) is 16.8 Å². The average molecular weight is 405 g/mol. The number of aryl methyl sites for hydroxylation is 1. The van der Waals surface area contributed by atoms with Crippen LogP contribution in [0.1, 0.15) is 34.1 Å². The number of nitrogens with one attached hydrogen (secondary N) is 1. The summed E-state index contributed by atoms with van der Waals surface area (Å²) in [5.41, 5.74) is 9.19. The zero-order chi connectivity index (χ0) is 21.6. The van der Waals surface area contributed by atoms with Crippen LogP contribution in [-0.2, 0) is 0 Å². The smallest absolute Gasteiger partial charge is 0.277 e. The summed E-state index contributed by atoms with van der Waals surface area (Å²) in [4.78, 5) is 16.1. The lowest BCUT2D eigenvalue weighted by Gasteiger charge is -2.16. The lowest BCUT2D eigenvalue weighted by molar-refractivity contribution is 0.585. The number of nitrogens with two attached hydrogens (primary N) is 1. The first-order chi connectivity index (χ1) is 14.3. The van der Waals surface area contributed by atoms with Crippen LogP contribution in [0.4, 0.5) is 8.78 Å². The molecule has 2 heterocycles. The Balaban J connectivity index is 1.95. The van der Waals surface area contributed by atoms with Crippen LogP contribution >= 0.6 is 0 Å². The second-order valence-corrected chi connectivity index (χ2v) is 7.03. The molecule has 4 rings (SSSR count). The second-order valence-electron chi connectivity index (χ2n) is 7.03. The molecule has 0 spiro atoms. The van der Waals surface area contributed by atoms with Crippen LogP contribution in [0.5, 0.6) is 0 Å². The minimum absolute atomic E-state index is 0.126. The average Bonchev–Trinajstić information content (AvgIpc) is 3.06. The maximum Gasteiger partial charge on any atom is 0.277 e. The molecule has 2 aromatic carbocycles. The lowest BCUT2D eigenvalue weighted by Crippen LogP contribution is -2.25. The molecule has 1 unspecified atom stereocenters. The molecule has 0 bridgehead atoms. The van der Waals surface area contributed by atoms with Gasteiger partial charge in [-0.05, 0) is 43.7 Å². The Kier molecular flexibility index (Phi) is 4.68. The number of rotatable bonds is 3. The Hall–Kier alpha value is -3.83. The van der Waals surface area contributed by atoms with E-state index in [1.165, 1.54) is 6.07 Å². The highest BCUT2D eigenvalue weighted by Crippen LogP contribution is 2.30. The number of aromatic nitrogens is 3. The van der Waals surface area contributed by atoms with Crippen molar-refractivity contribution < 1.29 is 8.78 Å². The van der Waals surface area contributed by atoms with E-state index in [0.29, 0.717) is 33.6 Å². The Morgan fingerprint density at radius 1 is 1.17 bits per heavy atom. The molecule has 150 valence electrons. The largest absolute Gasteiger partial charge is 0.341 e. The molecule has 3 N–H and O–H groups in total. The van der Waals surface area contributed by atoms with Crippen molar-refractivity contribution in [3.05, 3.63) is 92.5 Å². The van der Waals surface area contributed by atoms with E-state index >= 15 is 0 Å². The molecule has 0 amide bonds. The third-order valence-corrected chi connectivity index (χ3v) is 5.14. The fraction of sp³-hybridized carbons (Fsp3) is 0.136. The van der Waals surface area contributed by atoms with Crippen molar-refractivity contribution in [2.45, 2.75) is 19.9 Å². The Morgan fingerprint density at radius 2 is 1.87 bits per heavy atom. The van der Waals surface area contributed by atoms with Crippen LogP contribution in [0, 0.1) is 36.8 Å². The van der Waals surface area contributed by atoms with Gasteiger partial charge in [-0.25, -0.2) is 8.78 Å². The quantitative estimate of drug-likeness (QED) is 0.545. The highest BCUT2D eigenvalue weighted by atomic mass is 19.1. The van der Waals surface area contributed by atoms with Gasteiger partial charge in [-0.3, -0.25) is 4.79 Å². The number of hydrogen-bond acceptors (Lipinski definition) is 4. The predicted octanol–water partition coefficient (Wildman–Crippen LogP) is 3.50. The van der Waals surface area contributed by atoms with E-state index in [0.717, 1.165) is 16.6 Å². The standard InChI is InChI=1S/C22H17F2N5O/c1-11-20(19(26)14-5-3-13(10-25)4-6-14)27-21-18(12(2)28-29(21)22(11)30)16-8-7-15(23)9-17(16)24/h3-9,19,27H,26H2,1-2H3. The van der Waals surface area contributed by atoms with E-state index in [1.807, 2.05) is 6.07 Å². The molecule has 0 aliphatic heterocycles. The van der Waals surface area contributed by atoms with Gasteiger partial charge in [0.2, 0.25) is 0 Å². The SMILES string of the molecule is Cc1nn2c(=O)c(C)c(C(N)c3ccc(C#N)cc3)[nH]c2c1-c1ccc(F)cc1F. The molecule has 0 saturated heterocycles. The second kappa shape index (κ2) is 7.21. The first-order valence-electron chi connectivity index (χ1n) is 9.15. The van der Waals surface area contributed by atoms with E-state index in [1.54, 1.807) is 38.1 Å². The van der Waals surface area contributed by atoms with Crippen molar-refractivity contribution in [3.63, 3.8) is 0 Å². The fourth-order valence-electron chi connectivity index (χ4n) is 3.54. The van der Waals surface area contributed by atoms with Gasteiger partial charge in [-0.1, -0.05) is 12.1 Å². The lowest BCUT2D eigenvalue weighted by atomic mass is 10.00. The molecule has 0 aliphatic rings. The van der Waals surface area contributed by atoms with Crippen LogP contribution < -0.4 is 11.3 Å². The van der Waals surface area contributed by atoms with Gasteiger partial charge >= 0.3 is 0 Å². The maximum atomic E-state index is 14.5. The summed E-state index contributed by atoms with van der Waals surface area (Å²) >= 11 is 0. The van der Waals surface area contributed by atoms with Gasteiger partial charge in [0.25, 0.3) is 5.56 Å². The minimum atomic E-state index is -0.757. The van der Waals surface area contributed by atoms with E-state index in [4.69, 9.17) is 11.0 Å². The summed E-state index contributed by atoms with van der Waals surface area (Å²) < 4.78 is 29.0. The molecule has 0 saturated carbocycles. The first kappa shape index (κ1) is 19.5. The number of halogens is 2. The Morgan fingerprint density at radius 3 is 2.50 bits per heavy atom. The molecular weight excluding hydrogens is 388 g/mol. The molecule has 6 nitrogen and oxygen atoms in total. The predicted molar refractivity (Wildman–Crippen MR) is 108 cm³/mol. The van der Waals surface area contributed by atoms with E-state index < -0.39 is 17.7 Å². The number of H-pyrrole nitrogens is 1. The molecule has 1 atom stereocenters. The summed E-state index contributed by atoms with van der Waals surface area (Å²) in [5.74, 6) is -1.45. The highest BCUT2D eigenvalue weighted by Gasteiger charge is 2.22. The van der Waals surface area contributed by atoms with Crippen LogP contribution in [0.2, 0.25) is 0 Å². The fourth-order valence-corrected chi connectivity index (χ4v) is 3.54. The van der Waals surface area contributed by atoms with Crippen molar-refractivity contribution in [2.75, 3.05) is 0 Å². The molecule has 4 aromatic rings.